The van der Waals surface area contributed by atoms with Crippen molar-refractivity contribution in [1.82, 2.24) is 15.5 Å². The quantitative estimate of drug-likeness (QED) is 0.676. The van der Waals surface area contributed by atoms with Crippen molar-refractivity contribution in [3.05, 3.63) is 0 Å². The fourth-order valence-corrected chi connectivity index (χ4v) is 1.42. The average Bonchev–Trinajstić information content (AvgIpc) is 2.28. The van der Waals surface area contributed by atoms with Crippen molar-refractivity contribution in [2.75, 3.05) is 39.3 Å². The van der Waals surface area contributed by atoms with Crippen molar-refractivity contribution >= 4 is 5.91 Å². The Morgan fingerprint density at radius 2 is 1.94 bits per heavy atom. The summed E-state index contributed by atoms with van der Waals surface area (Å²) >= 11 is 0. The Bertz CT molecular complexity index is 257. The van der Waals surface area contributed by atoms with E-state index in [2.05, 4.69) is 5.32 Å². The van der Waals surface area contributed by atoms with Crippen molar-refractivity contribution in [1.29, 1.82) is 0 Å². The molecule has 1 saturated heterocycles. The smallest absolute Gasteiger partial charge is 0.324 e. The summed E-state index contributed by atoms with van der Waals surface area (Å²) in [6.07, 6.45) is -3.76. The number of carbonyl (C=O) groups is 1. The van der Waals surface area contributed by atoms with Crippen molar-refractivity contribution in [3.63, 3.8) is 0 Å². The number of alkyl halides is 4. The molecule has 4 nitrogen and oxygen atoms in total. The Balaban J connectivity index is 2.25. The van der Waals surface area contributed by atoms with Crippen molar-refractivity contribution in [2.45, 2.75) is 12.3 Å². The molecular weight excluding hydrogens is 242 g/mol. The zero-order valence-electron chi connectivity index (χ0n) is 9.19. The van der Waals surface area contributed by atoms with Crippen LogP contribution in [0.15, 0.2) is 0 Å². The maximum atomic E-state index is 12.5. The zero-order chi connectivity index (χ0) is 12.9. The highest BCUT2D eigenvalue weighted by molar-refractivity contribution is 5.78. The zero-order valence-corrected chi connectivity index (χ0v) is 9.19. The molecule has 1 fully saturated rings. The highest BCUT2D eigenvalue weighted by Crippen LogP contribution is 2.21. The minimum Gasteiger partial charge on any atom is -0.349 e. The number of rotatable bonds is 5. The summed E-state index contributed by atoms with van der Waals surface area (Å²) in [6, 6.07) is 0. The molecule has 0 bridgehead atoms. The third-order valence-corrected chi connectivity index (χ3v) is 2.42. The molecule has 0 aromatic carbocycles. The van der Waals surface area contributed by atoms with Gasteiger partial charge in [-0.3, -0.25) is 9.69 Å². The van der Waals surface area contributed by atoms with Crippen LogP contribution < -0.4 is 10.6 Å². The fraction of sp³-hybridized carbons (Fsp3) is 0.889. The molecule has 2 N–H and O–H groups in total. The van der Waals surface area contributed by atoms with Crippen LogP contribution in [-0.2, 0) is 4.79 Å². The van der Waals surface area contributed by atoms with E-state index in [1.165, 1.54) is 0 Å². The van der Waals surface area contributed by atoms with E-state index in [0.29, 0.717) is 13.1 Å². The van der Waals surface area contributed by atoms with Gasteiger partial charge in [-0.05, 0) is 0 Å². The maximum Gasteiger partial charge on any atom is 0.324 e. The van der Waals surface area contributed by atoms with E-state index in [4.69, 9.17) is 0 Å². The molecule has 0 radical (unpaired) electrons. The maximum absolute atomic E-state index is 12.5. The lowest BCUT2D eigenvalue weighted by Gasteiger charge is -2.26. The molecule has 8 heteroatoms. The number of hydrogen-bond donors (Lipinski definition) is 2. The third kappa shape index (κ3) is 4.86. The number of piperazine rings is 1. The summed E-state index contributed by atoms with van der Waals surface area (Å²) in [4.78, 5) is 13.0. The summed E-state index contributed by atoms with van der Waals surface area (Å²) < 4.78 is 48.6. The summed E-state index contributed by atoms with van der Waals surface area (Å²) in [6.45, 7) is 1.36. The second-order valence-electron chi connectivity index (χ2n) is 3.86. The van der Waals surface area contributed by atoms with Crippen LogP contribution >= 0.6 is 0 Å². The highest BCUT2D eigenvalue weighted by atomic mass is 19.3. The largest absolute Gasteiger partial charge is 0.349 e. The Labute approximate surface area is 96.3 Å². The van der Waals surface area contributed by atoms with Gasteiger partial charge in [0.2, 0.25) is 5.91 Å². The molecule has 0 aromatic rings. The van der Waals surface area contributed by atoms with Crippen LogP contribution in [0.4, 0.5) is 17.6 Å². The molecule has 0 aromatic heterocycles. The van der Waals surface area contributed by atoms with E-state index < -0.39 is 24.8 Å². The van der Waals surface area contributed by atoms with Gasteiger partial charge in [-0.2, -0.15) is 8.78 Å². The van der Waals surface area contributed by atoms with Crippen LogP contribution in [0.3, 0.4) is 0 Å². The SMILES string of the molecule is O=C(CN1CCNCC1)NCC(F)(F)C(F)F. The van der Waals surface area contributed by atoms with E-state index in [1.54, 1.807) is 4.90 Å². The normalized spacial score (nSPS) is 18.4. The molecule has 17 heavy (non-hydrogen) atoms. The first kappa shape index (κ1) is 14.2. The van der Waals surface area contributed by atoms with Crippen molar-refractivity contribution in [3.8, 4) is 0 Å². The molecule has 0 unspecified atom stereocenters. The van der Waals surface area contributed by atoms with Gasteiger partial charge < -0.3 is 10.6 Å². The van der Waals surface area contributed by atoms with Gasteiger partial charge in [-0.1, -0.05) is 0 Å². The predicted molar refractivity (Wildman–Crippen MR) is 53.3 cm³/mol. The number of nitrogens with one attached hydrogen (secondary N) is 2. The van der Waals surface area contributed by atoms with Gasteiger partial charge in [0.25, 0.3) is 0 Å². The second-order valence-corrected chi connectivity index (χ2v) is 3.86. The van der Waals surface area contributed by atoms with E-state index in [9.17, 15) is 22.4 Å². The minimum atomic E-state index is -4.17. The van der Waals surface area contributed by atoms with E-state index >= 15 is 0 Å². The number of carbonyl (C=O) groups excluding carboxylic acids is 1. The van der Waals surface area contributed by atoms with E-state index in [-0.39, 0.29) is 6.54 Å². The standard InChI is InChI=1S/C9H15F4N3O/c10-8(11)9(12,13)6-15-7(17)5-16-3-1-14-2-4-16/h8,14H,1-6H2,(H,15,17). The second kappa shape index (κ2) is 6.15. The number of nitrogens with zero attached hydrogens (tertiary/aromatic N) is 1. The Morgan fingerprint density at radius 1 is 1.35 bits per heavy atom. The van der Waals surface area contributed by atoms with Gasteiger partial charge in [-0.15, -0.1) is 0 Å². The summed E-state index contributed by atoms with van der Waals surface area (Å²) in [5.74, 6) is -4.83. The summed E-state index contributed by atoms with van der Waals surface area (Å²) in [5.41, 5.74) is 0. The fourth-order valence-electron chi connectivity index (χ4n) is 1.42. The van der Waals surface area contributed by atoms with Gasteiger partial charge in [0.05, 0.1) is 13.1 Å². The third-order valence-electron chi connectivity index (χ3n) is 2.42. The number of amides is 1. The van der Waals surface area contributed by atoms with Gasteiger partial charge in [0.15, 0.2) is 0 Å². The lowest BCUT2D eigenvalue weighted by molar-refractivity contribution is -0.137. The molecule has 1 aliphatic heterocycles. The molecular formula is C9H15F4N3O. The average molecular weight is 257 g/mol. The first-order valence-electron chi connectivity index (χ1n) is 5.27. The lowest BCUT2D eigenvalue weighted by Crippen LogP contribution is -2.49. The van der Waals surface area contributed by atoms with Crippen molar-refractivity contribution in [2.24, 2.45) is 0 Å². The van der Waals surface area contributed by atoms with Gasteiger partial charge >= 0.3 is 12.3 Å². The molecule has 1 heterocycles. The Kier molecular flexibility index (Phi) is 5.13. The lowest BCUT2D eigenvalue weighted by atomic mass is 10.3. The summed E-state index contributed by atoms with van der Waals surface area (Å²) in [5, 5.41) is 4.89. The van der Waals surface area contributed by atoms with Crippen LogP contribution in [0.2, 0.25) is 0 Å². The topological polar surface area (TPSA) is 44.4 Å². The van der Waals surface area contributed by atoms with Crippen LogP contribution in [0.5, 0.6) is 0 Å². The Morgan fingerprint density at radius 3 is 2.47 bits per heavy atom. The number of hydrogen-bond acceptors (Lipinski definition) is 3. The molecule has 0 saturated carbocycles. The van der Waals surface area contributed by atoms with Crippen LogP contribution in [0.1, 0.15) is 0 Å². The minimum absolute atomic E-state index is 0.0407. The van der Waals surface area contributed by atoms with E-state index in [0.717, 1.165) is 13.1 Å². The van der Waals surface area contributed by atoms with Gasteiger partial charge in [0.1, 0.15) is 0 Å². The molecule has 1 amide bonds. The van der Waals surface area contributed by atoms with Crippen LogP contribution in [0.25, 0.3) is 0 Å². The Hall–Kier alpha value is -0.890. The monoisotopic (exact) mass is 257 g/mol. The molecule has 0 aliphatic carbocycles. The van der Waals surface area contributed by atoms with Crippen LogP contribution in [-0.4, -0.2) is 62.4 Å². The summed E-state index contributed by atoms with van der Waals surface area (Å²) in [7, 11) is 0. The van der Waals surface area contributed by atoms with Crippen molar-refractivity contribution < 1.29 is 22.4 Å². The molecule has 1 aliphatic rings. The molecule has 0 atom stereocenters. The van der Waals surface area contributed by atoms with Crippen LogP contribution in [0, 0.1) is 0 Å². The van der Waals surface area contributed by atoms with Gasteiger partial charge in [0, 0.05) is 26.2 Å². The first-order chi connectivity index (χ1) is 7.92. The highest BCUT2D eigenvalue weighted by Gasteiger charge is 2.40. The predicted octanol–water partition coefficient (Wildman–Crippen LogP) is -0.0918. The molecule has 100 valence electrons. The first-order valence-corrected chi connectivity index (χ1v) is 5.27. The molecule has 0 spiro atoms. The van der Waals surface area contributed by atoms with E-state index in [1.807, 2.05) is 5.32 Å². The molecule has 1 rings (SSSR count). The number of halogens is 4. The van der Waals surface area contributed by atoms with Gasteiger partial charge in [-0.25, -0.2) is 8.78 Å².